The van der Waals surface area contributed by atoms with E-state index in [0.29, 0.717) is 12.4 Å². The van der Waals surface area contributed by atoms with E-state index >= 15 is 0 Å². The summed E-state index contributed by atoms with van der Waals surface area (Å²) in [6.07, 6.45) is 1.83. The molecule has 0 rings (SSSR count). The lowest BCUT2D eigenvalue weighted by Gasteiger charge is -2.30. The highest BCUT2D eigenvalue weighted by molar-refractivity contribution is 7.91. The molecule has 0 aromatic rings. The third-order valence-electron chi connectivity index (χ3n) is 2.96. The normalized spacial score (nSPS) is 13.1. The van der Waals surface area contributed by atoms with E-state index in [1.165, 1.54) is 0 Å². The topological polar surface area (TPSA) is 46.2 Å². The molecule has 0 atom stereocenters. The van der Waals surface area contributed by atoms with Crippen LogP contribution in [-0.2, 0) is 9.84 Å². The van der Waals surface area contributed by atoms with Crippen LogP contribution in [0.3, 0.4) is 0 Å². The van der Waals surface area contributed by atoms with Crippen LogP contribution in [0.4, 0.5) is 0 Å². The minimum absolute atomic E-state index is 0.106. The highest BCUT2D eigenvalue weighted by Crippen LogP contribution is 2.16. The first-order valence-corrected chi connectivity index (χ1v) is 7.82. The van der Waals surface area contributed by atoms with Crippen LogP contribution in [0.1, 0.15) is 33.6 Å². The molecule has 0 aliphatic rings. The third kappa shape index (κ3) is 5.18. The summed E-state index contributed by atoms with van der Waals surface area (Å²) in [5.41, 5.74) is -0.106. The van der Waals surface area contributed by atoms with Gasteiger partial charge in [0.05, 0.1) is 5.75 Å². The number of hydrogen-bond acceptors (Lipinski definition) is 3. The summed E-state index contributed by atoms with van der Waals surface area (Å²) in [5.74, 6) is 0.926. The Morgan fingerprint density at radius 1 is 1.20 bits per heavy atom. The fourth-order valence-corrected chi connectivity index (χ4v) is 2.53. The zero-order valence-corrected chi connectivity index (χ0v) is 11.4. The fraction of sp³-hybridized carbons (Fsp3) is 1.00. The van der Waals surface area contributed by atoms with Crippen molar-refractivity contribution in [3.05, 3.63) is 0 Å². The van der Waals surface area contributed by atoms with E-state index in [9.17, 15) is 8.42 Å². The first-order chi connectivity index (χ1) is 6.95. The molecule has 0 heterocycles. The van der Waals surface area contributed by atoms with Crippen LogP contribution in [0.15, 0.2) is 0 Å². The van der Waals surface area contributed by atoms with Gasteiger partial charge in [-0.1, -0.05) is 20.8 Å². The summed E-state index contributed by atoms with van der Waals surface area (Å²) < 4.78 is 22.6. The summed E-state index contributed by atoms with van der Waals surface area (Å²) >= 11 is 5.90. The van der Waals surface area contributed by atoms with Crippen molar-refractivity contribution in [3.8, 4) is 0 Å². The van der Waals surface area contributed by atoms with E-state index < -0.39 is 9.84 Å². The number of hydrogen-bond donors (Lipinski definition) is 1. The first-order valence-electron chi connectivity index (χ1n) is 5.46. The second kappa shape index (κ2) is 6.71. The van der Waals surface area contributed by atoms with Crippen molar-refractivity contribution in [1.29, 1.82) is 0 Å². The molecule has 0 saturated carbocycles. The van der Waals surface area contributed by atoms with Crippen LogP contribution in [0, 0.1) is 0 Å². The lowest BCUT2D eigenvalue weighted by atomic mass is 9.95. The Morgan fingerprint density at radius 2 is 1.73 bits per heavy atom. The molecule has 0 fully saturated rings. The molecule has 0 aromatic carbocycles. The van der Waals surface area contributed by atoms with E-state index in [1.54, 1.807) is 6.92 Å². The van der Waals surface area contributed by atoms with E-state index in [-0.39, 0.29) is 17.0 Å². The van der Waals surface area contributed by atoms with E-state index in [1.807, 2.05) is 0 Å². The number of sulfone groups is 1. The quantitative estimate of drug-likeness (QED) is 0.673. The Bertz CT molecular complexity index is 252. The molecule has 0 spiro atoms. The van der Waals surface area contributed by atoms with Crippen LogP contribution in [0.5, 0.6) is 0 Å². The van der Waals surface area contributed by atoms with Crippen LogP contribution in [-0.4, -0.2) is 37.9 Å². The molecule has 3 nitrogen and oxygen atoms in total. The molecule has 5 heteroatoms. The smallest absolute Gasteiger partial charge is 0.151 e. The van der Waals surface area contributed by atoms with Crippen molar-refractivity contribution >= 4 is 21.4 Å². The Kier molecular flexibility index (Phi) is 6.80. The van der Waals surface area contributed by atoms with Gasteiger partial charge in [0.1, 0.15) is 0 Å². The Labute approximate surface area is 98.5 Å². The zero-order valence-electron chi connectivity index (χ0n) is 9.85. The largest absolute Gasteiger partial charge is 0.309 e. The summed E-state index contributed by atoms with van der Waals surface area (Å²) in [7, 11) is -2.87. The lowest BCUT2D eigenvalue weighted by Crippen LogP contribution is -2.47. The Hall–Kier alpha value is 0.200. The monoisotopic (exact) mass is 255 g/mol. The lowest BCUT2D eigenvalue weighted by molar-refractivity contribution is 0.345. The number of nitrogens with one attached hydrogen (secondary N) is 1. The second-order valence-electron chi connectivity index (χ2n) is 3.78. The summed E-state index contributed by atoms with van der Waals surface area (Å²) in [6.45, 7) is 6.29. The standard InChI is InChI=1S/C10H22ClNO2S/c1-4-10(5-2,9-11)12-7-8-15(13,14)6-3/h12H,4-9H2,1-3H3. The van der Waals surface area contributed by atoms with Crippen molar-refractivity contribution in [2.75, 3.05) is 23.9 Å². The van der Waals surface area contributed by atoms with Gasteiger partial charge in [-0.15, -0.1) is 11.6 Å². The molecule has 0 aliphatic carbocycles. The van der Waals surface area contributed by atoms with Gasteiger partial charge in [0.15, 0.2) is 9.84 Å². The molecular weight excluding hydrogens is 234 g/mol. The van der Waals surface area contributed by atoms with Gasteiger partial charge in [-0.2, -0.15) is 0 Å². The van der Waals surface area contributed by atoms with E-state index in [2.05, 4.69) is 19.2 Å². The molecule has 0 amide bonds. The minimum atomic E-state index is -2.87. The molecule has 0 unspecified atom stereocenters. The third-order valence-corrected chi connectivity index (χ3v) is 5.18. The number of halogens is 1. The van der Waals surface area contributed by atoms with Crippen LogP contribution in [0.2, 0.25) is 0 Å². The maximum Gasteiger partial charge on any atom is 0.151 e. The van der Waals surface area contributed by atoms with Gasteiger partial charge in [-0.05, 0) is 12.8 Å². The predicted octanol–water partition coefficient (Wildman–Crippen LogP) is 1.81. The first kappa shape index (κ1) is 15.2. The molecule has 0 radical (unpaired) electrons. The van der Waals surface area contributed by atoms with Gasteiger partial charge in [0.2, 0.25) is 0 Å². The van der Waals surface area contributed by atoms with Crippen LogP contribution >= 0.6 is 11.6 Å². The minimum Gasteiger partial charge on any atom is -0.309 e. The molecule has 0 bridgehead atoms. The fourth-order valence-electron chi connectivity index (χ4n) is 1.35. The average Bonchev–Trinajstić information content (AvgIpc) is 2.25. The van der Waals surface area contributed by atoms with Gasteiger partial charge in [-0.25, -0.2) is 8.42 Å². The molecule has 15 heavy (non-hydrogen) atoms. The zero-order chi connectivity index (χ0) is 11.9. The summed E-state index contributed by atoms with van der Waals surface area (Å²) in [4.78, 5) is 0. The van der Waals surface area contributed by atoms with Crippen molar-refractivity contribution in [2.45, 2.75) is 39.2 Å². The van der Waals surface area contributed by atoms with Gasteiger partial charge in [0, 0.05) is 23.7 Å². The Morgan fingerprint density at radius 3 is 2.07 bits per heavy atom. The highest BCUT2D eigenvalue weighted by atomic mass is 35.5. The molecule has 1 N–H and O–H groups in total. The van der Waals surface area contributed by atoms with Gasteiger partial charge in [0.25, 0.3) is 0 Å². The van der Waals surface area contributed by atoms with Crippen molar-refractivity contribution in [1.82, 2.24) is 5.32 Å². The summed E-state index contributed by atoms with van der Waals surface area (Å²) in [5, 5.41) is 3.26. The number of rotatable bonds is 8. The van der Waals surface area contributed by atoms with Crippen molar-refractivity contribution in [2.24, 2.45) is 0 Å². The average molecular weight is 256 g/mol. The van der Waals surface area contributed by atoms with Gasteiger partial charge >= 0.3 is 0 Å². The van der Waals surface area contributed by atoms with Gasteiger partial charge in [-0.3, -0.25) is 0 Å². The predicted molar refractivity (Wildman–Crippen MR) is 66.4 cm³/mol. The maximum atomic E-state index is 11.3. The molecule has 0 aromatic heterocycles. The number of alkyl halides is 1. The summed E-state index contributed by atoms with van der Waals surface area (Å²) in [6, 6.07) is 0. The maximum absolute atomic E-state index is 11.3. The van der Waals surface area contributed by atoms with Gasteiger partial charge < -0.3 is 5.32 Å². The Balaban J connectivity index is 4.13. The second-order valence-corrected chi connectivity index (χ2v) is 6.52. The molecular formula is C10H22ClNO2S. The molecule has 0 aliphatic heterocycles. The van der Waals surface area contributed by atoms with Crippen LogP contribution < -0.4 is 5.32 Å². The van der Waals surface area contributed by atoms with Crippen LogP contribution in [0.25, 0.3) is 0 Å². The van der Waals surface area contributed by atoms with Crippen molar-refractivity contribution < 1.29 is 8.42 Å². The molecule has 92 valence electrons. The van der Waals surface area contributed by atoms with E-state index in [4.69, 9.17) is 11.6 Å². The SMILES string of the molecule is CCC(CC)(CCl)NCCS(=O)(=O)CC. The highest BCUT2D eigenvalue weighted by Gasteiger charge is 2.24. The molecule has 0 saturated heterocycles. The van der Waals surface area contributed by atoms with Crippen molar-refractivity contribution in [3.63, 3.8) is 0 Å². The van der Waals surface area contributed by atoms with E-state index in [0.717, 1.165) is 12.8 Å².